The van der Waals surface area contributed by atoms with Crippen LogP contribution in [0.5, 0.6) is 11.5 Å². The molecule has 4 rings (SSSR count). The molecular weight excluding hydrogens is 526 g/mol. The van der Waals surface area contributed by atoms with E-state index in [9.17, 15) is 8.42 Å². The molecule has 7 nitrogen and oxygen atoms in total. The summed E-state index contributed by atoms with van der Waals surface area (Å²) in [4.78, 5) is 7.12. The molecular formula is C23H26BrN3O4S2. The van der Waals surface area contributed by atoms with Gasteiger partial charge < -0.3 is 14.4 Å². The molecule has 0 spiro atoms. The first kappa shape index (κ1) is 24.0. The Labute approximate surface area is 207 Å². The molecule has 0 atom stereocenters. The zero-order valence-electron chi connectivity index (χ0n) is 18.5. The monoisotopic (exact) mass is 551 g/mol. The molecule has 1 fully saturated rings. The average molecular weight is 553 g/mol. The molecule has 0 radical (unpaired) electrons. The lowest BCUT2D eigenvalue weighted by Crippen LogP contribution is -2.48. The van der Waals surface area contributed by atoms with Crippen LogP contribution in [0.3, 0.4) is 0 Å². The minimum absolute atomic E-state index is 0.180. The van der Waals surface area contributed by atoms with Crippen molar-refractivity contribution in [3.8, 4) is 11.5 Å². The number of aromatic nitrogens is 1. The van der Waals surface area contributed by atoms with Gasteiger partial charge in [0.1, 0.15) is 16.4 Å². The Morgan fingerprint density at radius 1 is 1.09 bits per heavy atom. The van der Waals surface area contributed by atoms with E-state index in [4.69, 9.17) is 14.5 Å². The molecule has 2 heterocycles. The number of hydrogen-bond donors (Lipinski definition) is 0. The summed E-state index contributed by atoms with van der Waals surface area (Å²) in [5.74, 6) is 1.22. The number of piperazine rings is 1. The highest BCUT2D eigenvalue weighted by Gasteiger charge is 2.31. The van der Waals surface area contributed by atoms with Gasteiger partial charge in [-0.1, -0.05) is 28.1 Å². The third-order valence-electron chi connectivity index (χ3n) is 5.41. The fourth-order valence-corrected chi connectivity index (χ4v) is 6.71. The first-order chi connectivity index (χ1) is 15.9. The third-order valence-corrected chi connectivity index (χ3v) is 8.78. The summed E-state index contributed by atoms with van der Waals surface area (Å²) in [7, 11) is -2.17. The predicted molar refractivity (Wildman–Crippen MR) is 134 cm³/mol. The number of rotatable bonds is 8. The molecule has 1 aliphatic heterocycles. The minimum atomic E-state index is -3.65. The Kier molecular flexibility index (Phi) is 7.58. The van der Waals surface area contributed by atoms with Gasteiger partial charge in [-0.25, -0.2) is 13.4 Å². The highest BCUT2D eigenvalue weighted by Crippen LogP contribution is 2.31. The maximum absolute atomic E-state index is 13.2. The molecule has 0 N–H and O–H groups in total. The highest BCUT2D eigenvalue weighted by molar-refractivity contribution is 9.10. The van der Waals surface area contributed by atoms with Crippen LogP contribution in [0, 0.1) is 0 Å². The maximum atomic E-state index is 13.2. The van der Waals surface area contributed by atoms with Crippen molar-refractivity contribution in [1.82, 2.24) is 9.29 Å². The molecule has 0 unspecified atom stereocenters. The van der Waals surface area contributed by atoms with E-state index >= 15 is 0 Å². The van der Waals surface area contributed by atoms with Gasteiger partial charge in [-0.05, 0) is 42.8 Å². The number of hydrogen-bond acceptors (Lipinski definition) is 7. The van der Waals surface area contributed by atoms with Gasteiger partial charge in [0.25, 0.3) is 0 Å². The summed E-state index contributed by atoms with van der Waals surface area (Å²) in [5, 5.41) is 2.99. The predicted octanol–water partition coefficient (Wildman–Crippen LogP) is 4.41. The number of thiazole rings is 1. The third kappa shape index (κ3) is 5.51. The Morgan fingerprint density at radius 2 is 1.82 bits per heavy atom. The summed E-state index contributed by atoms with van der Waals surface area (Å²) in [6.45, 7) is 4.59. The molecule has 1 aromatic heterocycles. The second kappa shape index (κ2) is 10.4. The molecule has 2 aromatic carbocycles. The van der Waals surface area contributed by atoms with Crippen molar-refractivity contribution in [3.05, 3.63) is 63.6 Å². The Balaban J connectivity index is 1.39. The van der Waals surface area contributed by atoms with E-state index in [1.54, 1.807) is 29.5 Å². The van der Waals surface area contributed by atoms with Crippen LogP contribution in [0.1, 0.15) is 18.2 Å². The second-order valence-electron chi connectivity index (χ2n) is 7.56. The first-order valence-corrected chi connectivity index (χ1v) is 13.8. The Hall–Kier alpha value is -2.14. The van der Waals surface area contributed by atoms with Crippen LogP contribution < -0.4 is 14.4 Å². The van der Waals surface area contributed by atoms with Gasteiger partial charge in [-0.3, -0.25) is 0 Å². The van der Waals surface area contributed by atoms with Crippen molar-refractivity contribution in [3.63, 3.8) is 0 Å². The SMILES string of the molecule is CCOc1ccc(Cc2csc(N3CCN(S(=O)(=O)c4cc(Br)ccc4OC)CC3)n2)cc1. The van der Waals surface area contributed by atoms with E-state index in [0.29, 0.717) is 43.0 Å². The minimum Gasteiger partial charge on any atom is -0.495 e. The van der Waals surface area contributed by atoms with Crippen LogP contribution in [-0.4, -0.2) is 57.6 Å². The van der Waals surface area contributed by atoms with Crippen molar-refractivity contribution in [1.29, 1.82) is 0 Å². The largest absolute Gasteiger partial charge is 0.495 e. The lowest BCUT2D eigenvalue weighted by Gasteiger charge is -2.34. The van der Waals surface area contributed by atoms with Crippen LogP contribution in [0.25, 0.3) is 0 Å². The number of anilines is 1. The molecule has 0 amide bonds. The molecule has 10 heteroatoms. The molecule has 3 aromatic rings. The standard InChI is InChI=1S/C23H26BrN3O4S2/c1-3-31-20-7-4-17(5-8-20)14-19-16-32-23(25-19)26-10-12-27(13-11-26)33(28,29)22-15-18(24)6-9-21(22)30-2/h4-9,15-16H,3,10-14H2,1-2H3. The topological polar surface area (TPSA) is 72.0 Å². The van der Waals surface area contributed by atoms with Gasteiger partial charge in [0, 0.05) is 42.5 Å². The fraction of sp³-hybridized carbons (Fsp3) is 0.348. The van der Waals surface area contributed by atoms with E-state index in [-0.39, 0.29) is 4.90 Å². The van der Waals surface area contributed by atoms with E-state index in [1.165, 1.54) is 17.0 Å². The van der Waals surface area contributed by atoms with Crippen molar-refractivity contribution in [2.45, 2.75) is 18.2 Å². The lowest BCUT2D eigenvalue weighted by molar-refractivity contribution is 0.340. The Bertz CT molecular complexity index is 1190. The van der Waals surface area contributed by atoms with Crippen molar-refractivity contribution in [2.75, 3.05) is 44.8 Å². The summed E-state index contributed by atoms with van der Waals surface area (Å²) < 4.78 is 39.4. The molecule has 0 aliphatic carbocycles. The van der Waals surface area contributed by atoms with Crippen molar-refractivity contribution >= 4 is 42.4 Å². The summed E-state index contributed by atoms with van der Waals surface area (Å²) in [6.07, 6.45) is 0.750. The van der Waals surface area contributed by atoms with Gasteiger partial charge >= 0.3 is 0 Å². The second-order valence-corrected chi connectivity index (χ2v) is 11.2. The molecule has 1 saturated heterocycles. The quantitative estimate of drug-likeness (QED) is 0.412. The van der Waals surface area contributed by atoms with Crippen LogP contribution in [0.15, 0.2) is 57.2 Å². The lowest BCUT2D eigenvalue weighted by atomic mass is 10.1. The highest BCUT2D eigenvalue weighted by atomic mass is 79.9. The average Bonchev–Trinajstić information content (AvgIpc) is 3.29. The summed E-state index contributed by atoms with van der Waals surface area (Å²) >= 11 is 4.95. The molecule has 176 valence electrons. The molecule has 1 aliphatic rings. The van der Waals surface area contributed by atoms with Crippen molar-refractivity contribution < 1.29 is 17.9 Å². The van der Waals surface area contributed by atoms with E-state index in [0.717, 1.165) is 23.0 Å². The number of nitrogens with zero attached hydrogens (tertiary/aromatic N) is 3. The molecule has 0 bridgehead atoms. The number of benzene rings is 2. The van der Waals surface area contributed by atoms with Crippen molar-refractivity contribution in [2.24, 2.45) is 0 Å². The zero-order valence-corrected chi connectivity index (χ0v) is 21.7. The van der Waals surface area contributed by atoms with E-state index < -0.39 is 10.0 Å². The van der Waals surface area contributed by atoms with Crippen LogP contribution in [0.2, 0.25) is 0 Å². The first-order valence-electron chi connectivity index (χ1n) is 10.7. The van der Waals surface area contributed by atoms with Crippen LogP contribution >= 0.6 is 27.3 Å². The van der Waals surface area contributed by atoms with Crippen LogP contribution in [-0.2, 0) is 16.4 Å². The Morgan fingerprint density at radius 3 is 2.48 bits per heavy atom. The van der Waals surface area contributed by atoms with Gasteiger partial charge in [0.05, 0.1) is 19.4 Å². The molecule has 0 saturated carbocycles. The van der Waals surface area contributed by atoms with E-state index in [1.807, 2.05) is 19.1 Å². The maximum Gasteiger partial charge on any atom is 0.246 e. The van der Waals surface area contributed by atoms with Gasteiger partial charge in [0.15, 0.2) is 5.13 Å². The van der Waals surface area contributed by atoms with Gasteiger partial charge in [0.2, 0.25) is 10.0 Å². The molecule has 33 heavy (non-hydrogen) atoms. The number of sulfonamides is 1. The smallest absolute Gasteiger partial charge is 0.246 e. The van der Waals surface area contributed by atoms with Gasteiger partial charge in [-0.2, -0.15) is 4.31 Å². The van der Waals surface area contributed by atoms with Gasteiger partial charge in [-0.15, -0.1) is 11.3 Å². The number of halogens is 1. The number of ether oxygens (including phenoxy) is 2. The normalized spacial score (nSPS) is 14.9. The number of methoxy groups -OCH3 is 1. The fourth-order valence-electron chi connectivity index (χ4n) is 3.71. The summed E-state index contributed by atoms with van der Waals surface area (Å²) in [6, 6.07) is 13.1. The zero-order chi connectivity index (χ0) is 23.4. The summed E-state index contributed by atoms with van der Waals surface area (Å²) in [5.41, 5.74) is 2.18. The van der Waals surface area contributed by atoms with E-state index in [2.05, 4.69) is 38.3 Å². The van der Waals surface area contributed by atoms with Crippen LogP contribution in [0.4, 0.5) is 5.13 Å².